The first-order chi connectivity index (χ1) is 19.8. The topological polar surface area (TPSA) is 31.2 Å². The monoisotopic (exact) mass is 851 g/mol. The molecule has 3 aromatic rings. The van der Waals surface area contributed by atoms with Gasteiger partial charge in [-0.1, -0.05) is 117 Å². The molecule has 0 bridgehead atoms. The molecular formula is C36H41IN4Pt-. The summed E-state index contributed by atoms with van der Waals surface area (Å²) in [6, 6.07) is 33.7. The number of amidine groups is 2. The Morgan fingerprint density at radius 3 is 1.33 bits per heavy atom. The van der Waals surface area contributed by atoms with Crippen molar-refractivity contribution in [1.29, 1.82) is 0 Å². The van der Waals surface area contributed by atoms with Crippen LogP contribution in [-0.2, 0) is 21.1 Å². The van der Waals surface area contributed by atoms with Crippen LogP contribution >= 0.6 is 0 Å². The molecule has 0 saturated heterocycles. The number of hydrogen-bond acceptors (Lipinski definition) is 4. The molecule has 1 radical (unpaired) electrons. The summed E-state index contributed by atoms with van der Waals surface area (Å²) in [6.45, 7) is 1.93. The molecule has 0 N–H and O–H groups in total. The summed E-state index contributed by atoms with van der Waals surface area (Å²) in [5.41, 5.74) is 4.86. The molecule has 2 atom stereocenters. The second-order valence-corrected chi connectivity index (χ2v) is 12.1. The van der Waals surface area contributed by atoms with Crippen molar-refractivity contribution in [2.24, 2.45) is 9.98 Å². The van der Waals surface area contributed by atoms with E-state index in [4.69, 9.17) is 9.98 Å². The van der Waals surface area contributed by atoms with Crippen LogP contribution in [0.1, 0.15) is 98.5 Å². The van der Waals surface area contributed by atoms with E-state index >= 15 is 0 Å². The van der Waals surface area contributed by atoms with Crippen LogP contribution in [0.25, 0.3) is 0 Å². The summed E-state index contributed by atoms with van der Waals surface area (Å²) in [5.74, 6) is 2.26. The van der Waals surface area contributed by atoms with E-state index in [1.54, 1.807) is 0 Å². The van der Waals surface area contributed by atoms with E-state index in [0.717, 1.165) is 35.9 Å². The Morgan fingerprint density at radius 1 is 0.524 bits per heavy atom. The minimum absolute atomic E-state index is 0. The van der Waals surface area contributed by atoms with Gasteiger partial charge >= 0.3 is 0 Å². The van der Waals surface area contributed by atoms with Crippen LogP contribution in [0, 0.1) is 6.07 Å². The Hall–Kier alpha value is -1.98. The average molecular weight is 852 g/mol. The van der Waals surface area contributed by atoms with Gasteiger partial charge in [0.15, 0.2) is 0 Å². The minimum Gasteiger partial charge on any atom is -1.00 e. The molecule has 2 fully saturated rings. The van der Waals surface area contributed by atoms with E-state index in [2.05, 4.69) is 94.7 Å². The van der Waals surface area contributed by atoms with Crippen molar-refractivity contribution in [3.05, 3.63) is 107 Å². The number of nitrogens with zero attached hydrogens (tertiary/aromatic N) is 4. The van der Waals surface area contributed by atoms with Crippen LogP contribution in [0.2, 0.25) is 0 Å². The van der Waals surface area contributed by atoms with E-state index in [0.29, 0.717) is 12.1 Å². The Morgan fingerprint density at radius 2 is 0.929 bits per heavy atom. The maximum Gasteiger partial charge on any atom is 0.132 e. The van der Waals surface area contributed by atoms with Crippen LogP contribution in [0.3, 0.4) is 0 Å². The number of aliphatic imine (C=N–C) groups is 2. The van der Waals surface area contributed by atoms with E-state index < -0.39 is 0 Å². The van der Waals surface area contributed by atoms with Crippen LogP contribution in [-0.4, -0.2) is 46.6 Å². The third kappa shape index (κ3) is 6.72. The number of halogens is 1. The molecule has 42 heavy (non-hydrogen) atoms. The van der Waals surface area contributed by atoms with E-state index in [-0.39, 0.29) is 57.1 Å². The Labute approximate surface area is 283 Å². The van der Waals surface area contributed by atoms with Gasteiger partial charge in [-0.05, 0) is 36.8 Å². The van der Waals surface area contributed by atoms with Crippen molar-refractivity contribution in [1.82, 2.24) is 9.80 Å². The molecule has 0 aromatic heterocycles. The average Bonchev–Trinajstić information content (AvgIpc) is 3.69. The molecule has 6 heteroatoms. The summed E-state index contributed by atoms with van der Waals surface area (Å²) >= 11 is 0. The van der Waals surface area contributed by atoms with Gasteiger partial charge in [-0.2, -0.15) is 0 Å². The largest absolute Gasteiger partial charge is 1.00 e. The van der Waals surface area contributed by atoms with Gasteiger partial charge in [-0.3, -0.25) is 9.98 Å². The molecule has 2 heterocycles. The van der Waals surface area contributed by atoms with Crippen LogP contribution in [0.4, 0.5) is 0 Å². The summed E-state index contributed by atoms with van der Waals surface area (Å²) in [4.78, 5) is 16.0. The SMILES string of the molecule is [I-].[Pt].[c]1c(C2=N[C@@H](c3ccccc3)CN2C2CCCCC2)cccc1C1=N[C@@H](c2ccccc2)CN1C1CCCCC1. The zero-order valence-corrected chi connectivity index (χ0v) is 28.7. The van der Waals surface area contributed by atoms with Gasteiger partial charge in [0.1, 0.15) is 11.7 Å². The molecule has 2 aliphatic carbocycles. The van der Waals surface area contributed by atoms with E-state index in [1.165, 1.54) is 75.3 Å². The first kappa shape index (κ1) is 31.4. The fourth-order valence-electron chi connectivity index (χ4n) is 7.39. The third-order valence-electron chi connectivity index (χ3n) is 9.52. The number of rotatable bonds is 6. The van der Waals surface area contributed by atoms with Crippen molar-refractivity contribution in [2.75, 3.05) is 13.1 Å². The van der Waals surface area contributed by atoms with Crippen molar-refractivity contribution < 1.29 is 45.0 Å². The normalized spacial score (nSPS) is 23.1. The number of hydrogen-bond donors (Lipinski definition) is 0. The van der Waals surface area contributed by atoms with E-state index in [1.807, 2.05) is 0 Å². The zero-order valence-electron chi connectivity index (χ0n) is 24.3. The first-order valence-corrected chi connectivity index (χ1v) is 15.7. The molecule has 2 aliphatic heterocycles. The predicted molar refractivity (Wildman–Crippen MR) is 164 cm³/mol. The quantitative estimate of drug-likeness (QED) is 0.336. The zero-order chi connectivity index (χ0) is 26.7. The van der Waals surface area contributed by atoms with Crippen molar-refractivity contribution >= 4 is 11.7 Å². The summed E-state index contributed by atoms with van der Waals surface area (Å²) in [6.07, 6.45) is 13.1. The minimum atomic E-state index is 0. The molecule has 0 spiro atoms. The van der Waals surface area contributed by atoms with Crippen molar-refractivity contribution in [3.63, 3.8) is 0 Å². The predicted octanol–water partition coefficient (Wildman–Crippen LogP) is 4.76. The molecule has 7 rings (SSSR count). The van der Waals surface area contributed by atoms with Gasteiger partial charge in [-0.15, -0.1) is 0 Å². The van der Waals surface area contributed by atoms with Crippen LogP contribution in [0.5, 0.6) is 0 Å². The maximum atomic E-state index is 5.38. The fourth-order valence-corrected chi connectivity index (χ4v) is 7.39. The Balaban J connectivity index is 0.00000176. The smallest absolute Gasteiger partial charge is 0.132 e. The second kappa shape index (κ2) is 14.7. The molecule has 2 saturated carbocycles. The summed E-state index contributed by atoms with van der Waals surface area (Å²) < 4.78 is 0. The maximum absolute atomic E-state index is 5.38. The standard InChI is InChI=1S/C36H41N4.HI.Pt/c1-5-14-27(15-6-1)33-25-39(31-20-9-3-10-21-31)35(37-33)29-18-13-19-30(24-29)36-38-34(28-16-7-2-8-17-28)26-40(36)32-22-11-4-12-23-32;;/h1-2,5-8,13-19,31-34H,3-4,9-12,20-23,25-26H2;1H;/p-1/t33-,34-;;/m1../s1. The Kier molecular flexibility index (Phi) is 11.0. The van der Waals surface area contributed by atoms with Crippen LogP contribution in [0.15, 0.2) is 88.8 Å². The van der Waals surface area contributed by atoms with Gasteiger partial charge in [0, 0.05) is 63.4 Å². The number of benzene rings is 3. The Bertz CT molecular complexity index is 1250. The van der Waals surface area contributed by atoms with Gasteiger partial charge in [0.05, 0.1) is 12.1 Å². The summed E-state index contributed by atoms with van der Waals surface area (Å²) in [7, 11) is 0. The molecule has 0 amide bonds. The van der Waals surface area contributed by atoms with Crippen molar-refractivity contribution in [3.8, 4) is 0 Å². The molecule has 4 aliphatic rings. The van der Waals surface area contributed by atoms with Crippen molar-refractivity contribution in [2.45, 2.75) is 88.4 Å². The van der Waals surface area contributed by atoms with Gasteiger partial charge in [0.2, 0.25) is 0 Å². The molecular weight excluding hydrogens is 810 g/mol. The molecule has 3 aromatic carbocycles. The van der Waals surface area contributed by atoms with Crippen LogP contribution < -0.4 is 24.0 Å². The second-order valence-electron chi connectivity index (χ2n) is 12.1. The molecule has 0 unspecified atom stereocenters. The van der Waals surface area contributed by atoms with Gasteiger partial charge < -0.3 is 33.8 Å². The molecule has 223 valence electrons. The van der Waals surface area contributed by atoms with E-state index in [9.17, 15) is 0 Å². The van der Waals surface area contributed by atoms with Gasteiger partial charge in [-0.25, -0.2) is 0 Å². The van der Waals surface area contributed by atoms with Gasteiger partial charge in [0.25, 0.3) is 0 Å². The summed E-state index contributed by atoms with van der Waals surface area (Å²) in [5, 5.41) is 0. The molecule has 4 nitrogen and oxygen atoms in total. The first-order valence-electron chi connectivity index (χ1n) is 15.7. The fraction of sp³-hybridized carbons (Fsp3) is 0.444. The third-order valence-corrected chi connectivity index (χ3v) is 9.52.